The number of hydrogen-bond donors (Lipinski definition) is 1. The van der Waals surface area contributed by atoms with Crippen LogP contribution in [0, 0.1) is 11.7 Å². The highest BCUT2D eigenvalue weighted by Gasteiger charge is 2.28. The lowest BCUT2D eigenvalue weighted by Gasteiger charge is -2.34. The van der Waals surface area contributed by atoms with Gasteiger partial charge in [0.1, 0.15) is 5.82 Å². The van der Waals surface area contributed by atoms with Gasteiger partial charge in [0.15, 0.2) is 23.1 Å². The van der Waals surface area contributed by atoms with Gasteiger partial charge in [-0.1, -0.05) is 0 Å². The molecule has 1 aromatic carbocycles. The number of carbonyl (C=O) groups is 1. The molecule has 1 saturated carbocycles. The lowest BCUT2D eigenvalue weighted by atomic mass is 10.2. The van der Waals surface area contributed by atoms with E-state index in [1.807, 2.05) is 11.1 Å². The number of methoxy groups -OCH3 is 2. The van der Waals surface area contributed by atoms with Crippen LogP contribution in [0.4, 0.5) is 16.2 Å². The van der Waals surface area contributed by atoms with E-state index in [0.717, 1.165) is 25.9 Å². The quantitative estimate of drug-likeness (QED) is 0.735. The number of ketones is 1. The number of nitrogen functional groups attached to an aromatic ring is 1. The lowest BCUT2D eigenvalue weighted by Crippen LogP contribution is -2.44. The van der Waals surface area contributed by atoms with Crippen molar-refractivity contribution in [2.75, 3.05) is 51.0 Å². The van der Waals surface area contributed by atoms with Crippen LogP contribution < -0.4 is 20.1 Å². The van der Waals surface area contributed by atoms with Crippen LogP contribution in [0.2, 0.25) is 0 Å². The lowest BCUT2D eigenvalue weighted by molar-refractivity contribution is -0.115. The molecule has 2 aliphatic rings. The number of aromatic nitrogens is 2. The van der Waals surface area contributed by atoms with E-state index in [1.165, 1.54) is 14.2 Å². The Balaban J connectivity index is 1.53. The van der Waals surface area contributed by atoms with Gasteiger partial charge in [-0.05, 0) is 18.9 Å². The number of ether oxygens (including phenoxy) is 2. The van der Waals surface area contributed by atoms with E-state index in [2.05, 4.69) is 14.9 Å². The van der Waals surface area contributed by atoms with Crippen molar-refractivity contribution in [2.45, 2.75) is 12.8 Å². The minimum atomic E-state index is -0.638. The molecule has 154 valence electrons. The maximum Gasteiger partial charge on any atom is 0.228 e. The molecule has 1 saturated heterocycles. The van der Waals surface area contributed by atoms with Crippen LogP contribution in [-0.4, -0.2) is 61.0 Å². The molecule has 2 N–H and O–H groups in total. The molecule has 0 bridgehead atoms. The number of hydrogen-bond acceptors (Lipinski definition) is 8. The predicted octanol–water partition coefficient (Wildman–Crippen LogP) is 1.98. The number of piperazine rings is 1. The summed E-state index contributed by atoms with van der Waals surface area (Å²) in [5.74, 6) is 0.532. The zero-order valence-electron chi connectivity index (χ0n) is 16.5. The molecule has 2 fully saturated rings. The van der Waals surface area contributed by atoms with Crippen LogP contribution in [-0.2, 0) is 4.79 Å². The van der Waals surface area contributed by atoms with Crippen molar-refractivity contribution in [1.29, 1.82) is 0 Å². The number of rotatable bonds is 6. The topological polar surface area (TPSA) is 93.8 Å². The molecule has 2 aromatic rings. The Labute approximate surface area is 168 Å². The molecule has 1 aliphatic heterocycles. The fourth-order valence-electron chi connectivity index (χ4n) is 3.46. The van der Waals surface area contributed by atoms with Gasteiger partial charge >= 0.3 is 0 Å². The van der Waals surface area contributed by atoms with Crippen LogP contribution >= 0.6 is 0 Å². The highest BCUT2D eigenvalue weighted by atomic mass is 19.1. The monoisotopic (exact) mass is 401 g/mol. The smallest absolute Gasteiger partial charge is 0.228 e. The van der Waals surface area contributed by atoms with Gasteiger partial charge in [0.05, 0.1) is 25.1 Å². The summed E-state index contributed by atoms with van der Waals surface area (Å²) in [5, 5.41) is 0.117. The third-order valence-corrected chi connectivity index (χ3v) is 5.31. The van der Waals surface area contributed by atoms with Gasteiger partial charge in [-0.3, -0.25) is 4.79 Å². The summed E-state index contributed by atoms with van der Waals surface area (Å²) in [5.41, 5.74) is 6.41. The summed E-state index contributed by atoms with van der Waals surface area (Å²) in [6.07, 6.45) is 5.57. The molecule has 29 heavy (non-hydrogen) atoms. The predicted molar refractivity (Wildman–Crippen MR) is 108 cm³/mol. The van der Waals surface area contributed by atoms with E-state index >= 15 is 0 Å². The van der Waals surface area contributed by atoms with Crippen LogP contribution in [0.15, 0.2) is 18.3 Å². The number of anilines is 2. The third kappa shape index (κ3) is 3.76. The highest BCUT2D eigenvalue weighted by molar-refractivity contribution is 5.93. The minimum Gasteiger partial charge on any atom is -0.493 e. The van der Waals surface area contributed by atoms with Crippen molar-refractivity contribution in [3.8, 4) is 11.5 Å². The average molecular weight is 401 g/mol. The van der Waals surface area contributed by atoms with E-state index in [9.17, 15) is 9.18 Å². The van der Waals surface area contributed by atoms with Crippen LogP contribution in [0.3, 0.4) is 0 Å². The number of fused-ring (bicyclic) bond motifs is 1. The average Bonchev–Trinajstić information content (AvgIpc) is 3.57. The summed E-state index contributed by atoms with van der Waals surface area (Å²) < 4.78 is 25.1. The molecule has 4 rings (SSSR count). The maximum atomic E-state index is 14.8. The van der Waals surface area contributed by atoms with Crippen LogP contribution in [0.25, 0.3) is 10.9 Å². The Morgan fingerprint density at radius 1 is 1.21 bits per heavy atom. The second-order valence-corrected chi connectivity index (χ2v) is 7.24. The van der Waals surface area contributed by atoms with Gasteiger partial charge in [-0.25, -0.2) is 9.37 Å². The Hall–Kier alpha value is -3.10. The Kier molecular flexibility index (Phi) is 5.12. The van der Waals surface area contributed by atoms with E-state index in [0.29, 0.717) is 24.6 Å². The van der Waals surface area contributed by atoms with E-state index in [-0.39, 0.29) is 34.4 Å². The molecule has 0 unspecified atom stereocenters. The largest absolute Gasteiger partial charge is 0.493 e. The Morgan fingerprint density at radius 3 is 2.55 bits per heavy atom. The van der Waals surface area contributed by atoms with Crippen molar-refractivity contribution >= 4 is 28.5 Å². The second kappa shape index (κ2) is 7.73. The van der Waals surface area contributed by atoms with E-state index < -0.39 is 5.82 Å². The van der Waals surface area contributed by atoms with Gasteiger partial charge in [-0.15, -0.1) is 0 Å². The first-order valence-electron chi connectivity index (χ1n) is 9.60. The van der Waals surface area contributed by atoms with Gasteiger partial charge in [0.25, 0.3) is 0 Å². The maximum absolute atomic E-state index is 14.8. The third-order valence-electron chi connectivity index (χ3n) is 5.31. The standard InChI is InChI=1S/C20H24FN5O3/c1-28-15-11-13-16(17(21)18(15)29-2)19(22)24-20(23-13)26-9-7-25(8-10-26)6-5-14(27)12-3-4-12/h5-6,11-12H,3-4,7-10H2,1-2H3,(H2,22,23,24)/b6-5+. The van der Waals surface area contributed by atoms with Gasteiger partial charge in [-0.2, -0.15) is 4.98 Å². The zero-order valence-corrected chi connectivity index (χ0v) is 16.5. The van der Waals surface area contributed by atoms with Crippen molar-refractivity contribution in [1.82, 2.24) is 14.9 Å². The number of carbonyl (C=O) groups excluding carboxylic acids is 1. The molecule has 1 aromatic heterocycles. The van der Waals surface area contributed by atoms with Crippen molar-refractivity contribution in [3.05, 3.63) is 24.2 Å². The molecule has 9 heteroatoms. The first-order chi connectivity index (χ1) is 14.0. The van der Waals surface area contributed by atoms with Gasteiger partial charge in [0.2, 0.25) is 5.95 Å². The summed E-state index contributed by atoms with van der Waals surface area (Å²) in [7, 11) is 2.81. The molecule has 0 amide bonds. The van der Waals surface area contributed by atoms with Crippen LogP contribution in [0.5, 0.6) is 11.5 Å². The molecule has 1 aliphatic carbocycles. The molecular weight excluding hydrogens is 377 g/mol. The highest BCUT2D eigenvalue weighted by Crippen LogP contribution is 2.38. The molecule has 0 radical (unpaired) electrons. The van der Waals surface area contributed by atoms with E-state index in [4.69, 9.17) is 15.2 Å². The fourth-order valence-corrected chi connectivity index (χ4v) is 3.46. The summed E-state index contributed by atoms with van der Waals surface area (Å²) >= 11 is 0. The number of benzene rings is 1. The van der Waals surface area contributed by atoms with Crippen molar-refractivity contribution in [2.24, 2.45) is 5.92 Å². The number of nitrogens with zero attached hydrogens (tertiary/aromatic N) is 4. The molecule has 0 spiro atoms. The summed E-state index contributed by atoms with van der Waals surface area (Å²) in [6.45, 7) is 2.80. The minimum absolute atomic E-state index is 0.0239. The van der Waals surface area contributed by atoms with Crippen LogP contribution in [0.1, 0.15) is 12.8 Å². The van der Waals surface area contributed by atoms with Crippen molar-refractivity contribution < 1.29 is 18.7 Å². The number of allylic oxidation sites excluding steroid dienone is 1. The van der Waals surface area contributed by atoms with Crippen molar-refractivity contribution in [3.63, 3.8) is 0 Å². The van der Waals surface area contributed by atoms with Gasteiger partial charge < -0.3 is 25.0 Å². The molecular formula is C20H24FN5O3. The Morgan fingerprint density at radius 2 is 1.93 bits per heavy atom. The summed E-state index contributed by atoms with van der Waals surface area (Å²) in [4.78, 5) is 24.7. The Bertz CT molecular complexity index is 968. The normalized spacial score (nSPS) is 17.2. The van der Waals surface area contributed by atoms with E-state index in [1.54, 1.807) is 12.1 Å². The zero-order chi connectivity index (χ0) is 20.5. The number of nitrogens with two attached hydrogens (primary N) is 1. The summed E-state index contributed by atoms with van der Waals surface area (Å²) in [6, 6.07) is 1.60. The second-order valence-electron chi connectivity index (χ2n) is 7.24. The first-order valence-corrected chi connectivity index (χ1v) is 9.60. The first kappa shape index (κ1) is 19.2. The SMILES string of the molecule is COc1cc2nc(N3CCN(/C=C/C(=O)C4CC4)CC3)nc(N)c2c(F)c1OC. The fraction of sp³-hybridized carbons (Fsp3) is 0.450. The van der Waals surface area contributed by atoms with Gasteiger partial charge in [0, 0.05) is 44.4 Å². The molecule has 2 heterocycles. The molecule has 0 atom stereocenters. The molecule has 8 nitrogen and oxygen atoms in total. The number of halogens is 1.